The number of rotatable bonds is 12. The van der Waals surface area contributed by atoms with Crippen LogP contribution in [0, 0.1) is 6.92 Å². The molecule has 0 spiro atoms. The largest absolute Gasteiger partial charge is 0.376 e. The van der Waals surface area contributed by atoms with Gasteiger partial charge in [-0.25, -0.2) is 13.1 Å². The van der Waals surface area contributed by atoms with Gasteiger partial charge in [0.2, 0.25) is 10.0 Å². The fourth-order valence-electron chi connectivity index (χ4n) is 4.29. The average molecular weight is 503 g/mol. The molecule has 4 rings (SSSR count). The molecule has 2 N–H and O–H groups in total. The van der Waals surface area contributed by atoms with Crippen molar-refractivity contribution in [2.24, 2.45) is 0 Å². The van der Waals surface area contributed by atoms with Crippen LogP contribution in [0.2, 0.25) is 0 Å². The van der Waals surface area contributed by atoms with Crippen molar-refractivity contribution in [3.8, 4) is 0 Å². The molecule has 0 heterocycles. The number of ether oxygens (including phenoxy) is 1. The second kappa shape index (κ2) is 12.8. The zero-order valence-corrected chi connectivity index (χ0v) is 21.5. The lowest BCUT2D eigenvalue weighted by molar-refractivity contribution is 0.152. The van der Waals surface area contributed by atoms with Gasteiger partial charge >= 0.3 is 0 Å². The molecule has 36 heavy (non-hydrogen) atoms. The van der Waals surface area contributed by atoms with Gasteiger partial charge in [-0.2, -0.15) is 0 Å². The third-order valence-corrected chi connectivity index (χ3v) is 7.71. The minimum absolute atomic E-state index is 0.249. The summed E-state index contributed by atoms with van der Waals surface area (Å²) < 4.78 is 35.8. The normalized spacial score (nSPS) is 15.3. The van der Waals surface area contributed by atoms with Crippen LogP contribution in [0.25, 0.3) is 0 Å². The summed E-state index contributed by atoms with van der Waals surface area (Å²) in [6.45, 7) is 3.66. The number of hydrogen-bond acceptors (Lipinski definition) is 4. The summed E-state index contributed by atoms with van der Waals surface area (Å²) in [4.78, 5) is 0.249. The van der Waals surface area contributed by atoms with Gasteiger partial charge in [-0.1, -0.05) is 96.6 Å². The van der Waals surface area contributed by atoms with Crippen LogP contribution in [0.4, 0.5) is 0 Å². The zero-order chi connectivity index (χ0) is 25.2. The first-order chi connectivity index (χ1) is 17.5. The molecular formula is C30H34N2O3S. The molecule has 6 heteroatoms. The van der Waals surface area contributed by atoms with Crippen LogP contribution in [-0.4, -0.2) is 28.2 Å². The molecule has 1 aliphatic rings. The summed E-state index contributed by atoms with van der Waals surface area (Å²) in [5, 5.41) is 3.57. The van der Waals surface area contributed by atoms with Gasteiger partial charge in [-0.05, 0) is 48.6 Å². The van der Waals surface area contributed by atoms with Crippen LogP contribution in [0.1, 0.15) is 41.6 Å². The van der Waals surface area contributed by atoms with Crippen molar-refractivity contribution in [3.63, 3.8) is 0 Å². The van der Waals surface area contributed by atoms with Crippen molar-refractivity contribution in [2.45, 2.75) is 36.7 Å². The van der Waals surface area contributed by atoms with Gasteiger partial charge in [0.1, 0.15) is 0 Å². The molecule has 0 fully saturated rings. The van der Waals surface area contributed by atoms with Crippen LogP contribution in [0.3, 0.4) is 0 Å². The average Bonchev–Trinajstić information content (AvgIpc) is 2.91. The Hall–Kier alpha value is -3.03. The minimum atomic E-state index is -3.76. The highest BCUT2D eigenvalue weighted by atomic mass is 32.2. The van der Waals surface area contributed by atoms with E-state index in [0.717, 1.165) is 29.5 Å². The second-order valence-corrected chi connectivity index (χ2v) is 10.7. The van der Waals surface area contributed by atoms with Crippen LogP contribution in [0.5, 0.6) is 0 Å². The number of allylic oxidation sites excluding steroid dienone is 3. The van der Waals surface area contributed by atoms with Crippen LogP contribution >= 0.6 is 0 Å². The summed E-state index contributed by atoms with van der Waals surface area (Å²) in [7, 11) is -3.76. The van der Waals surface area contributed by atoms with Crippen LogP contribution in [0.15, 0.2) is 114 Å². The van der Waals surface area contributed by atoms with E-state index >= 15 is 0 Å². The van der Waals surface area contributed by atoms with E-state index in [1.165, 1.54) is 5.57 Å². The maximum absolute atomic E-state index is 13.4. The van der Waals surface area contributed by atoms with Crippen molar-refractivity contribution >= 4 is 10.0 Å². The minimum Gasteiger partial charge on any atom is -0.376 e. The lowest BCUT2D eigenvalue weighted by Crippen LogP contribution is -2.39. The van der Waals surface area contributed by atoms with Crippen molar-refractivity contribution in [2.75, 3.05) is 19.8 Å². The Kier molecular flexibility index (Phi) is 9.25. The third-order valence-electron chi connectivity index (χ3n) is 6.25. The van der Waals surface area contributed by atoms with Crippen molar-refractivity contribution in [3.05, 3.63) is 125 Å². The van der Waals surface area contributed by atoms with Gasteiger partial charge in [0.25, 0.3) is 0 Å². The number of aryl methyl sites for hydroxylation is 1. The summed E-state index contributed by atoms with van der Waals surface area (Å²) in [6, 6.07) is 25.8. The Labute approximate surface area is 215 Å². The van der Waals surface area contributed by atoms with E-state index in [1.54, 1.807) is 12.1 Å². The molecule has 3 aromatic rings. The monoisotopic (exact) mass is 502 g/mol. The smallest absolute Gasteiger partial charge is 0.241 e. The quantitative estimate of drug-likeness (QED) is 0.249. The standard InChI is InChI=1S/C30H34N2O3S/c1-24-17-19-28(20-18-24)36(33,34)32-30(27-15-9-4-10-16-27)29(26-13-7-3-8-14-26)31-21-22-35-23-25-11-5-2-6-12-25/h2-5,7-10,12-20,29-32H,6,11,21-23H2,1H3/t29-,30?/m1/s1. The van der Waals surface area contributed by atoms with E-state index in [4.69, 9.17) is 4.74 Å². The number of sulfonamides is 1. The lowest BCUT2D eigenvalue weighted by atomic mass is 9.94. The van der Waals surface area contributed by atoms with Gasteiger partial charge in [0, 0.05) is 6.54 Å². The van der Waals surface area contributed by atoms with Gasteiger partial charge < -0.3 is 10.1 Å². The Bertz CT molecular complexity index is 1250. The summed E-state index contributed by atoms with van der Waals surface area (Å²) >= 11 is 0. The first kappa shape index (κ1) is 26.0. The molecule has 188 valence electrons. The highest BCUT2D eigenvalue weighted by Gasteiger charge is 2.29. The molecule has 0 saturated heterocycles. The van der Waals surface area contributed by atoms with E-state index in [-0.39, 0.29) is 10.9 Å². The fourth-order valence-corrected chi connectivity index (χ4v) is 5.52. The number of nitrogens with one attached hydrogen (secondary N) is 2. The molecule has 2 atom stereocenters. The predicted octanol–water partition coefficient (Wildman–Crippen LogP) is 5.64. The Balaban J connectivity index is 1.55. The van der Waals surface area contributed by atoms with Crippen molar-refractivity contribution in [1.82, 2.24) is 10.0 Å². The summed E-state index contributed by atoms with van der Waals surface area (Å²) in [5.74, 6) is 0. The molecule has 0 aromatic heterocycles. The maximum atomic E-state index is 13.4. The highest BCUT2D eigenvalue weighted by Crippen LogP contribution is 2.30. The molecule has 3 aromatic carbocycles. The molecule has 0 amide bonds. The highest BCUT2D eigenvalue weighted by molar-refractivity contribution is 7.89. The third kappa shape index (κ3) is 7.24. The Morgan fingerprint density at radius 3 is 2.08 bits per heavy atom. The molecule has 1 unspecified atom stereocenters. The molecule has 1 aliphatic carbocycles. The van der Waals surface area contributed by atoms with Gasteiger partial charge in [0.05, 0.1) is 30.2 Å². The molecule has 0 radical (unpaired) electrons. The van der Waals surface area contributed by atoms with Crippen molar-refractivity contribution in [1.29, 1.82) is 0 Å². The zero-order valence-electron chi connectivity index (χ0n) is 20.6. The van der Waals surface area contributed by atoms with Crippen LogP contribution < -0.4 is 10.0 Å². The Morgan fingerprint density at radius 2 is 1.47 bits per heavy atom. The van der Waals surface area contributed by atoms with Crippen molar-refractivity contribution < 1.29 is 13.2 Å². The molecule has 0 bridgehead atoms. The fraction of sp³-hybridized carbons (Fsp3) is 0.267. The summed E-state index contributed by atoms with van der Waals surface area (Å²) in [5.41, 5.74) is 4.19. The van der Waals surface area contributed by atoms with E-state index in [9.17, 15) is 8.42 Å². The van der Waals surface area contributed by atoms with Gasteiger partial charge in [0.15, 0.2) is 0 Å². The number of benzene rings is 3. The second-order valence-electron chi connectivity index (χ2n) is 8.99. The topological polar surface area (TPSA) is 67.4 Å². The van der Waals surface area contributed by atoms with Crippen LogP contribution in [-0.2, 0) is 14.8 Å². The first-order valence-electron chi connectivity index (χ1n) is 12.4. The van der Waals surface area contributed by atoms with E-state index in [1.807, 2.05) is 79.7 Å². The van der Waals surface area contributed by atoms with E-state index in [0.29, 0.717) is 19.8 Å². The van der Waals surface area contributed by atoms with E-state index in [2.05, 4.69) is 28.3 Å². The summed E-state index contributed by atoms with van der Waals surface area (Å²) in [6.07, 6.45) is 8.46. The van der Waals surface area contributed by atoms with E-state index < -0.39 is 16.1 Å². The van der Waals surface area contributed by atoms with Gasteiger partial charge in [-0.3, -0.25) is 0 Å². The lowest BCUT2D eigenvalue weighted by Gasteiger charge is -2.30. The first-order valence-corrected chi connectivity index (χ1v) is 13.8. The molecule has 0 aliphatic heterocycles. The number of hydrogen-bond donors (Lipinski definition) is 2. The predicted molar refractivity (Wildman–Crippen MR) is 145 cm³/mol. The Morgan fingerprint density at radius 1 is 0.833 bits per heavy atom. The van der Waals surface area contributed by atoms with Gasteiger partial charge in [-0.15, -0.1) is 0 Å². The maximum Gasteiger partial charge on any atom is 0.241 e. The molecular weight excluding hydrogens is 468 g/mol. The molecule has 0 saturated carbocycles. The SMILES string of the molecule is Cc1ccc(S(=O)(=O)NC(c2ccccc2)[C@H](NCCOCC2=CCC=CC2)c2ccccc2)cc1. The molecule has 5 nitrogen and oxygen atoms in total.